The average molecular weight is 1270 g/mol. The Labute approximate surface area is 477 Å². The van der Waals surface area contributed by atoms with Crippen molar-refractivity contribution in [3.8, 4) is 0 Å². The number of ether oxygens (including phenoxy) is 3. The van der Waals surface area contributed by atoms with Crippen molar-refractivity contribution < 1.29 is 47.8 Å². The number of unbranched alkanes of at least 4 members (excludes halogenated alkanes) is 2. The van der Waals surface area contributed by atoms with Crippen LogP contribution in [-0.2, 0) is 60.6 Å². The van der Waals surface area contributed by atoms with Gasteiger partial charge in [0.25, 0.3) is 0 Å². The predicted molar refractivity (Wildman–Crippen MR) is 314 cm³/mol. The molecule has 0 aliphatic rings. The number of rotatable bonds is 32. The van der Waals surface area contributed by atoms with E-state index in [1.807, 2.05) is 13.8 Å². The number of halogens is 2. The highest BCUT2D eigenvalue weighted by Crippen LogP contribution is 2.21. The quantitative estimate of drug-likeness (QED) is 0.0201. The van der Waals surface area contributed by atoms with E-state index in [0.717, 1.165) is 70.6 Å². The molecule has 0 bridgehead atoms. The van der Waals surface area contributed by atoms with Crippen molar-refractivity contribution in [2.75, 3.05) is 19.7 Å². The standard InChI is InChI=1S/C33H53IN2O6.C25H40IN3O4/c1-24(11-8-9-21-35-28(37)13-10-12-25-14-17-27(34)18-15-25)36-31(40)26(16-19-29(38)42-33(5,6)7)23-30(39)41-22-20-32(2,3)4;1-18(29-24(32)21(27)15-16-23(31)33-25(2,3)4)8-5-6-17-28-22(30)10-7-9-19-11-13-20(26)14-12-19/h14-15,17-18,24,26H,8-13,16,19-23H2,1-7H3,(H,35,37)(H,36,40);11-14,18,21H,5-10,15-17,27H2,1-4H3,(H,28,30)(H,29,32)/t24?,26-;18?,21-/m10/s1. The fraction of sp³-hybridized carbons (Fsp3) is 0.672. The Kier molecular flexibility index (Phi) is 34.2. The van der Waals surface area contributed by atoms with Crippen LogP contribution in [0.5, 0.6) is 0 Å². The Morgan fingerprint density at radius 1 is 0.533 bits per heavy atom. The maximum absolute atomic E-state index is 13.1. The summed E-state index contributed by atoms with van der Waals surface area (Å²) in [6.45, 7) is 22.4. The molecule has 4 amide bonds. The molecule has 75 heavy (non-hydrogen) atoms. The van der Waals surface area contributed by atoms with Crippen LogP contribution in [0.25, 0.3) is 0 Å². The highest BCUT2D eigenvalue weighted by atomic mass is 127. The number of aryl methyl sites for hydroxylation is 2. The molecule has 2 aromatic carbocycles. The molecule has 424 valence electrons. The van der Waals surface area contributed by atoms with Crippen LogP contribution in [0.15, 0.2) is 48.5 Å². The van der Waals surface area contributed by atoms with Crippen molar-refractivity contribution in [1.82, 2.24) is 21.3 Å². The molecule has 2 unspecified atom stereocenters. The van der Waals surface area contributed by atoms with Gasteiger partial charge in [-0.15, -0.1) is 0 Å². The van der Waals surface area contributed by atoms with E-state index in [9.17, 15) is 33.6 Å². The van der Waals surface area contributed by atoms with Gasteiger partial charge in [-0.25, -0.2) is 0 Å². The van der Waals surface area contributed by atoms with Crippen molar-refractivity contribution in [1.29, 1.82) is 0 Å². The highest BCUT2D eigenvalue weighted by Gasteiger charge is 2.27. The zero-order valence-corrected chi connectivity index (χ0v) is 51.5. The first-order valence-corrected chi connectivity index (χ1v) is 29.1. The third kappa shape index (κ3) is 39.2. The smallest absolute Gasteiger partial charge is 0.306 e. The molecular formula is C58H93I2N5O10. The van der Waals surface area contributed by atoms with E-state index in [2.05, 4.69) is 136 Å². The zero-order chi connectivity index (χ0) is 56.6. The number of hydrogen-bond donors (Lipinski definition) is 5. The lowest BCUT2D eigenvalue weighted by molar-refractivity contribution is -0.156. The number of carbonyl (C=O) groups is 7. The van der Waals surface area contributed by atoms with Gasteiger partial charge in [0, 0.05) is 63.9 Å². The summed E-state index contributed by atoms with van der Waals surface area (Å²) in [6, 6.07) is 15.9. The summed E-state index contributed by atoms with van der Waals surface area (Å²) in [4.78, 5) is 85.9. The van der Waals surface area contributed by atoms with Crippen LogP contribution in [0, 0.1) is 18.5 Å². The molecule has 0 aliphatic heterocycles. The molecule has 4 atom stereocenters. The molecule has 0 aromatic heterocycles. The molecule has 0 heterocycles. The minimum absolute atomic E-state index is 0.0188. The van der Waals surface area contributed by atoms with E-state index in [1.54, 1.807) is 41.5 Å². The number of amides is 4. The lowest BCUT2D eigenvalue weighted by Gasteiger charge is -2.22. The molecular weight excluding hydrogens is 1180 g/mol. The monoisotopic (exact) mass is 1270 g/mol. The van der Waals surface area contributed by atoms with Gasteiger partial charge in [-0.2, -0.15) is 0 Å². The first-order chi connectivity index (χ1) is 35.0. The molecule has 2 rings (SSSR count). The predicted octanol–water partition coefficient (Wildman–Crippen LogP) is 10.4. The largest absolute Gasteiger partial charge is 0.466 e. The number of nitrogens with one attached hydrogen (secondary N) is 4. The van der Waals surface area contributed by atoms with E-state index >= 15 is 0 Å². The fourth-order valence-electron chi connectivity index (χ4n) is 7.39. The zero-order valence-electron chi connectivity index (χ0n) is 47.2. The average Bonchev–Trinajstić information content (AvgIpc) is 3.29. The second-order valence-corrected chi connectivity index (χ2v) is 25.3. The summed E-state index contributed by atoms with van der Waals surface area (Å²) in [5.41, 5.74) is 7.27. The van der Waals surface area contributed by atoms with Crippen LogP contribution in [0.2, 0.25) is 0 Å². The van der Waals surface area contributed by atoms with Crippen LogP contribution in [0.3, 0.4) is 0 Å². The van der Waals surface area contributed by atoms with Gasteiger partial charge in [-0.3, -0.25) is 33.6 Å². The van der Waals surface area contributed by atoms with Gasteiger partial charge >= 0.3 is 17.9 Å². The van der Waals surface area contributed by atoms with Crippen molar-refractivity contribution >= 4 is 86.7 Å². The normalized spacial score (nSPS) is 13.1. The minimum Gasteiger partial charge on any atom is -0.466 e. The molecule has 0 spiro atoms. The van der Waals surface area contributed by atoms with Crippen LogP contribution >= 0.6 is 45.2 Å². The maximum Gasteiger partial charge on any atom is 0.306 e. The molecule has 0 aliphatic carbocycles. The number of hydrogen-bond acceptors (Lipinski definition) is 11. The van der Waals surface area contributed by atoms with Gasteiger partial charge < -0.3 is 41.2 Å². The van der Waals surface area contributed by atoms with Crippen molar-refractivity contribution in [2.24, 2.45) is 17.1 Å². The molecule has 0 radical (unpaired) electrons. The maximum atomic E-state index is 13.1. The van der Waals surface area contributed by atoms with E-state index in [1.165, 1.54) is 18.3 Å². The number of carbonyl (C=O) groups excluding carboxylic acids is 7. The summed E-state index contributed by atoms with van der Waals surface area (Å²) in [5.74, 6) is -2.25. The first-order valence-electron chi connectivity index (χ1n) is 27.0. The van der Waals surface area contributed by atoms with Gasteiger partial charge in [0.15, 0.2) is 0 Å². The van der Waals surface area contributed by atoms with Gasteiger partial charge in [-0.1, -0.05) is 45.0 Å². The molecule has 0 saturated heterocycles. The first kappa shape index (κ1) is 69.2. The topological polar surface area (TPSA) is 221 Å². The Morgan fingerprint density at radius 3 is 1.36 bits per heavy atom. The van der Waals surface area contributed by atoms with Crippen LogP contribution in [-0.4, -0.2) is 90.6 Å². The van der Waals surface area contributed by atoms with Gasteiger partial charge in [0.2, 0.25) is 23.6 Å². The molecule has 2 aromatic rings. The second-order valence-electron chi connectivity index (χ2n) is 22.8. The Bertz CT molecular complexity index is 2010. The summed E-state index contributed by atoms with van der Waals surface area (Å²) in [7, 11) is 0. The number of esters is 3. The van der Waals surface area contributed by atoms with E-state index in [0.29, 0.717) is 32.5 Å². The summed E-state index contributed by atoms with van der Waals surface area (Å²) < 4.78 is 18.4. The Morgan fingerprint density at radius 2 is 0.947 bits per heavy atom. The highest BCUT2D eigenvalue weighted by molar-refractivity contribution is 14.1. The fourth-order valence-corrected chi connectivity index (χ4v) is 8.10. The number of benzene rings is 2. The van der Waals surface area contributed by atoms with Crippen LogP contribution in [0.1, 0.15) is 190 Å². The third-order valence-corrected chi connectivity index (χ3v) is 13.0. The summed E-state index contributed by atoms with van der Waals surface area (Å²) in [5, 5.41) is 11.8. The summed E-state index contributed by atoms with van der Waals surface area (Å²) >= 11 is 4.56. The Hall–Kier alpha value is -3.85. The molecule has 6 N–H and O–H groups in total. The van der Waals surface area contributed by atoms with Crippen molar-refractivity contribution in [2.45, 2.75) is 221 Å². The minimum atomic E-state index is -0.737. The molecule has 0 saturated carbocycles. The molecule has 17 heteroatoms. The van der Waals surface area contributed by atoms with Crippen LogP contribution < -0.4 is 27.0 Å². The van der Waals surface area contributed by atoms with Crippen molar-refractivity contribution in [3.63, 3.8) is 0 Å². The molecule has 0 fully saturated rings. The van der Waals surface area contributed by atoms with E-state index in [-0.39, 0.29) is 79.2 Å². The van der Waals surface area contributed by atoms with Crippen LogP contribution in [0.4, 0.5) is 0 Å². The van der Waals surface area contributed by atoms with Gasteiger partial charge in [0.1, 0.15) is 11.2 Å². The lowest BCUT2D eigenvalue weighted by atomic mass is 9.93. The van der Waals surface area contributed by atoms with E-state index in [4.69, 9.17) is 19.9 Å². The Balaban J connectivity index is 0.000000772. The molecule has 15 nitrogen and oxygen atoms in total. The third-order valence-electron chi connectivity index (χ3n) is 11.5. The van der Waals surface area contributed by atoms with E-state index < -0.39 is 35.1 Å². The van der Waals surface area contributed by atoms with Crippen molar-refractivity contribution in [3.05, 3.63) is 66.8 Å². The summed E-state index contributed by atoms with van der Waals surface area (Å²) in [6.07, 6.45) is 10.7. The lowest BCUT2D eigenvalue weighted by Crippen LogP contribution is -2.44. The second kappa shape index (κ2) is 37.1. The van der Waals surface area contributed by atoms with Gasteiger partial charge in [0.05, 0.1) is 19.1 Å². The number of nitrogens with two attached hydrogens (primary N) is 1. The van der Waals surface area contributed by atoms with Gasteiger partial charge in [-0.05, 0) is 225 Å². The SMILES string of the molecule is CC(CCCCNC(=O)CCCc1ccc(I)cc1)NC(=O)[C@@H](N)CCC(=O)OC(C)(C)C.CC(CCCCNC(=O)CCCc1ccc(I)cc1)NC(=O)[C@H](CCC(=O)OC(C)(C)C)CC(=O)OCCC(C)(C)C.